The van der Waals surface area contributed by atoms with E-state index in [1.54, 1.807) is 12.1 Å². The predicted molar refractivity (Wildman–Crippen MR) is 177 cm³/mol. The molecule has 0 aromatic heterocycles. The first-order valence-corrected chi connectivity index (χ1v) is 15.2. The maximum Gasteiger partial charge on any atom is 0.165 e. The average molecular weight is 617 g/mol. The maximum atomic E-state index is 11.2. The van der Waals surface area contributed by atoms with Gasteiger partial charge in [0, 0.05) is 22.3 Å². The van der Waals surface area contributed by atoms with Crippen molar-refractivity contribution in [2.75, 3.05) is 28.4 Å². The smallest absolute Gasteiger partial charge is 0.165 e. The summed E-state index contributed by atoms with van der Waals surface area (Å²) in [5.74, 6) is 0.845. The van der Waals surface area contributed by atoms with Crippen LogP contribution >= 0.6 is 0 Å². The van der Waals surface area contributed by atoms with Crippen LogP contribution in [0.25, 0.3) is 22.3 Å². The molecule has 8 heteroatoms. The van der Waals surface area contributed by atoms with Crippen LogP contribution in [0.4, 0.5) is 0 Å². The first-order valence-electron chi connectivity index (χ1n) is 15.2. The SMILES string of the molecule is CCCc1cc(OC)c(O)c(-c2cc(CC(C)c3cc(OC)c(O)c(-c4cc(CCC)cc(OC)c4O)c3)cc(OC)c2O)c1. The Labute approximate surface area is 265 Å². The van der Waals surface area contributed by atoms with Crippen molar-refractivity contribution in [3.63, 3.8) is 0 Å². The highest BCUT2D eigenvalue weighted by Crippen LogP contribution is 2.48. The van der Waals surface area contributed by atoms with Crippen LogP contribution in [0.2, 0.25) is 0 Å². The zero-order chi connectivity index (χ0) is 32.8. The molecule has 45 heavy (non-hydrogen) atoms. The van der Waals surface area contributed by atoms with Crippen LogP contribution in [0.3, 0.4) is 0 Å². The van der Waals surface area contributed by atoms with Crippen molar-refractivity contribution >= 4 is 0 Å². The molecular formula is C37H44O8. The number of ether oxygens (including phenoxy) is 4. The van der Waals surface area contributed by atoms with Crippen molar-refractivity contribution in [2.45, 2.75) is 58.8 Å². The molecule has 240 valence electrons. The van der Waals surface area contributed by atoms with Gasteiger partial charge in [0.15, 0.2) is 46.0 Å². The third-order valence-electron chi connectivity index (χ3n) is 8.15. The third-order valence-corrected chi connectivity index (χ3v) is 8.15. The standard InChI is InChI=1S/C37H44O8/c1-8-10-22-13-26(34(38)30(16-22)42-4)28-15-24(18-32(44-6)36(28)40)12-21(3)25-19-29(37(41)33(20-25)45-7)27-14-23(11-9-2)17-31(43-5)35(27)39/h13-21,38-41H,8-12H2,1-7H3. The van der Waals surface area contributed by atoms with E-state index in [2.05, 4.69) is 13.8 Å². The molecule has 0 aliphatic heterocycles. The summed E-state index contributed by atoms with van der Waals surface area (Å²) in [6, 6.07) is 14.6. The fourth-order valence-electron chi connectivity index (χ4n) is 5.81. The number of phenols is 4. The summed E-state index contributed by atoms with van der Waals surface area (Å²) < 4.78 is 22.0. The lowest BCUT2D eigenvalue weighted by Crippen LogP contribution is -2.02. The molecule has 4 aromatic rings. The normalized spacial score (nSPS) is 11.7. The minimum Gasteiger partial charge on any atom is -0.504 e. The van der Waals surface area contributed by atoms with Gasteiger partial charge in [-0.05, 0) is 96.0 Å². The first-order chi connectivity index (χ1) is 21.6. The van der Waals surface area contributed by atoms with Crippen LogP contribution in [0.1, 0.15) is 61.8 Å². The zero-order valence-electron chi connectivity index (χ0n) is 27.2. The van der Waals surface area contributed by atoms with Gasteiger partial charge in [-0.2, -0.15) is 0 Å². The zero-order valence-corrected chi connectivity index (χ0v) is 27.2. The second-order valence-electron chi connectivity index (χ2n) is 11.3. The lowest BCUT2D eigenvalue weighted by Gasteiger charge is -2.20. The predicted octanol–water partition coefficient (Wildman–Crippen LogP) is 8.13. The van der Waals surface area contributed by atoms with E-state index in [0.717, 1.165) is 47.9 Å². The van der Waals surface area contributed by atoms with Gasteiger partial charge >= 0.3 is 0 Å². The fourth-order valence-corrected chi connectivity index (χ4v) is 5.81. The number of aromatic hydroxyl groups is 4. The van der Waals surface area contributed by atoms with Crippen LogP contribution in [-0.4, -0.2) is 48.9 Å². The van der Waals surface area contributed by atoms with Crippen molar-refractivity contribution in [2.24, 2.45) is 0 Å². The first kappa shape index (κ1) is 33.2. The molecule has 0 spiro atoms. The van der Waals surface area contributed by atoms with E-state index >= 15 is 0 Å². The Morgan fingerprint density at radius 1 is 0.489 bits per heavy atom. The lowest BCUT2D eigenvalue weighted by molar-refractivity contribution is 0.370. The Bertz CT molecular complexity index is 1660. The molecular weight excluding hydrogens is 572 g/mol. The summed E-state index contributed by atoms with van der Waals surface area (Å²) in [5, 5.41) is 44.5. The van der Waals surface area contributed by atoms with Gasteiger partial charge in [-0.3, -0.25) is 0 Å². The molecule has 0 saturated heterocycles. The molecule has 0 aliphatic rings. The molecule has 4 aromatic carbocycles. The molecule has 0 bridgehead atoms. The number of hydrogen-bond donors (Lipinski definition) is 4. The van der Waals surface area contributed by atoms with Crippen LogP contribution in [0, 0.1) is 0 Å². The van der Waals surface area contributed by atoms with E-state index in [0.29, 0.717) is 40.2 Å². The van der Waals surface area contributed by atoms with Crippen LogP contribution in [0.5, 0.6) is 46.0 Å². The molecule has 0 saturated carbocycles. The van der Waals surface area contributed by atoms with Crippen molar-refractivity contribution < 1.29 is 39.4 Å². The highest BCUT2D eigenvalue weighted by Gasteiger charge is 2.23. The number of benzene rings is 4. The molecule has 0 fully saturated rings. The van der Waals surface area contributed by atoms with Crippen LogP contribution in [-0.2, 0) is 19.3 Å². The largest absolute Gasteiger partial charge is 0.504 e. The summed E-state index contributed by atoms with van der Waals surface area (Å²) in [6.45, 7) is 6.20. The summed E-state index contributed by atoms with van der Waals surface area (Å²) in [6.07, 6.45) is 3.91. The summed E-state index contributed by atoms with van der Waals surface area (Å²) in [5.41, 5.74) is 5.44. The molecule has 4 rings (SSSR count). The lowest BCUT2D eigenvalue weighted by atomic mass is 9.88. The maximum absolute atomic E-state index is 11.2. The van der Waals surface area contributed by atoms with Crippen molar-refractivity contribution in [1.29, 1.82) is 0 Å². The number of methoxy groups -OCH3 is 4. The Morgan fingerprint density at radius 2 is 0.822 bits per heavy atom. The van der Waals surface area contributed by atoms with Crippen LogP contribution < -0.4 is 18.9 Å². The monoisotopic (exact) mass is 616 g/mol. The van der Waals surface area contributed by atoms with Crippen molar-refractivity contribution in [3.8, 4) is 68.2 Å². The van der Waals surface area contributed by atoms with Crippen LogP contribution in [0.15, 0.2) is 48.5 Å². The molecule has 1 unspecified atom stereocenters. The minimum absolute atomic E-state index is 0.0617. The molecule has 8 nitrogen and oxygen atoms in total. The fraction of sp³-hybridized carbons (Fsp3) is 0.351. The van der Waals surface area contributed by atoms with Gasteiger partial charge in [0.25, 0.3) is 0 Å². The molecule has 1 atom stereocenters. The third kappa shape index (κ3) is 6.85. The average Bonchev–Trinajstić information content (AvgIpc) is 3.03. The molecule has 0 radical (unpaired) electrons. The highest BCUT2D eigenvalue weighted by molar-refractivity contribution is 5.82. The quantitative estimate of drug-likeness (QED) is 0.119. The van der Waals surface area contributed by atoms with Gasteiger partial charge in [-0.15, -0.1) is 0 Å². The minimum atomic E-state index is -0.0993. The Hall–Kier alpha value is -4.72. The van der Waals surface area contributed by atoms with Crippen molar-refractivity contribution in [3.05, 3.63) is 70.8 Å². The molecule has 0 heterocycles. The Morgan fingerprint density at radius 3 is 1.20 bits per heavy atom. The van der Waals surface area contributed by atoms with Gasteiger partial charge < -0.3 is 39.4 Å². The number of aryl methyl sites for hydroxylation is 2. The van der Waals surface area contributed by atoms with E-state index in [1.807, 2.05) is 43.3 Å². The van der Waals surface area contributed by atoms with Gasteiger partial charge in [0.2, 0.25) is 0 Å². The van der Waals surface area contributed by atoms with E-state index in [-0.39, 0.29) is 40.4 Å². The molecule has 0 aliphatic carbocycles. The number of phenolic OH excluding ortho intramolecular Hbond substituents is 4. The van der Waals surface area contributed by atoms with Gasteiger partial charge in [0.05, 0.1) is 28.4 Å². The summed E-state index contributed by atoms with van der Waals surface area (Å²) >= 11 is 0. The highest BCUT2D eigenvalue weighted by atomic mass is 16.5. The van der Waals surface area contributed by atoms with E-state index in [4.69, 9.17) is 18.9 Å². The number of rotatable bonds is 13. The van der Waals surface area contributed by atoms with Crippen molar-refractivity contribution in [1.82, 2.24) is 0 Å². The van der Waals surface area contributed by atoms with Gasteiger partial charge in [-0.25, -0.2) is 0 Å². The van der Waals surface area contributed by atoms with Gasteiger partial charge in [-0.1, -0.05) is 33.6 Å². The Balaban J connectivity index is 1.82. The topological polar surface area (TPSA) is 118 Å². The molecule has 4 N–H and O–H groups in total. The Kier molecular flexibility index (Phi) is 10.6. The van der Waals surface area contributed by atoms with E-state index in [9.17, 15) is 20.4 Å². The number of hydrogen-bond acceptors (Lipinski definition) is 8. The second kappa shape index (κ2) is 14.4. The van der Waals surface area contributed by atoms with Gasteiger partial charge in [0.1, 0.15) is 0 Å². The van der Waals surface area contributed by atoms with E-state index < -0.39 is 0 Å². The summed E-state index contributed by atoms with van der Waals surface area (Å²) in [7, 11) is 5.99. The molecule has 0 amide bonds. The van der Waals surface area contributed by atoms with E-state index in [1.165, 1.54) is 28.4 Å². The second-order valence-corrected chi connectivity index (χ2v) is 11.3. The summed E-state index contributed by atoms with van der Waals surface area (Å²) in [4.78, 5) is 0.